The summed E-state index contributed by atoms with van der Waals surface area (Å²) in [4.78, 5) is 26.8. The van der Waals surface area contributed by atoms with Crippen LogP contribution in [0.3, 0.4) is 0 Å². The van der Waals surface area contributed by atoms with Gasteiger partial charge in [-0.3, -0.25) is 4.79 Å². The second-order valence-corrected chi connectivity index (χ2v) is 6.96. The summed E-state index contributed by atoms with van der Waals surface area (Å²) in [5.74, 6) is 0.163. The Morgan fingerprint density at radius 1 is 1.07 bits per heavy atom. The number of nitrogens with zero attached hydrogens (tertiary/aromatic N) is 4. The van der Waals surface area contributed by atoms with Crippen molar-refractivity contribution in [3.8, 4) is 0 Å². The van der Waals surface area contributed by atoms with E-state index in [1.807, 2.05) is 18.2 Å². The van der Waals surface area contributed by atoms with Crippen molar-refractivity contribution in [2.75, 3.05) is 18.4 Å². The predicted molar refractivity (Wildman–Crippen MR) is 104 cm³/mol. The van der Waals surface area contributed by atoms with Gasteiger partial charge in [0, 0.05) is 37.0 Å². The number of hydrogen-bond acceptors (Lipinski definition) is 5. The third kappa shape index (κ3) is 4.40. The molecule has 9 heteroatoms. The first-order valence-electron chi connectivity index (χ1n) is 9.38. The van der Waals surface area contributed by atoms with Crippen LogP contribution in [0.1, 0.15) is 34.0 Å². The molecule has 30 heavy (non-hydrogen) atoms. The first-order valence-corrected chi connectivity index (χ1v) is 9.38. The minimum atomic E-state index is -4.46. The molecule has 154 valence electrons. The molecule has 4 rings (SSSR count). The lowest BCUT2D eigenvalue weighted by molar-refractivity contribution is -0.137. The van der Waals surface area contributed by atoms with Crippen LogP contribution in [-0.4, -0.2) is 38.8 Å². The van der Waals surface area contributed by atoms with Crippen LogP contribution in [0.25, 0.3) is 0 Å². The molecule has 1 atom stereocenters. The molecule has 0 saturated carbocycles. The van der Waals surface area contributed by atoms with Crippen LogP contribution < -0.4 is 5.32 Å². The molecule has 1 saturated heterocycles. The van der Waals surface area contributed by atoms with Crippen molar-refractivity contribution >= 4 is 17.7 Å². The minimum absolute atomic E-state index is 0.00859. The fourth-order valence-electron chi connectivity index (χ4n) is 3.40. The number of amides is 1. The first kappa shape index (κ1) is 19.8. The number of carbonyl (C=O) groups excluding carboxylic acids is 1. The molecule has 1 fully saturated rings. The van der Waals surface area contributed by atoms with Gasteiger partial charge in [0.25, 0.3) is 5.91 Å². The number of halogens is 3. The second kappa shape index (κ2) is 8.10. The van der Waals surface area contributed by atoms with Gasteiger partial charge in [0.1, 0.15) is 5.82 Å². The van der Waals surface area contributed by atoms with Gasteiger partial charge in [0.15, 0.2) is 0 Å². The topological polar surface area (TPSA) is 71.0 Å². The Bertz CT molecular complexity index is 1040. The van der Waals surface area contributed by atoms with E-state index in [-0.39, 0.29) is 23.6 Å². The van der Waals surface area contributed by atoms with Crippen LogP contribution in [0.15, 0.2) is 60.9 Å². The number of carbonyl (C=O) groups is 1. The number of rotatable bonds is 4. The second-order valence-electron chi connectivity index (χ2n) is 6.96. The SMILES string of the molecule is O=C(c1ccccc1)N1CCC(c2ccnc(Nc3cc(C(F)(F)F)ccn3)n2)C1. The molecule has 1 aliphatic rings. The highest BCUT2D eigenvalue weighted by Gasteiger charge is 2.31. The Kier molecular flexibility index (Phi) is 5.35. The summed E-state index contributed by atoms with van der Waals surface area (Å²) in [5.41, 5.74) is 0.559. The fourth-order valence-corrected chi connectivity index (χ4v) is 3.40. The monoisotopic (exact) mass is 413 g/mol. The maximum Gasteiger partial charge on any atom is 0.416 e. The molecule has 1 unspecified atom stereocenters. The van der Waals surface area contributed by atoms with Crippen molar-refractivity contribution in [3.63, 3.8) is 0 Å². The maximum absolute atomic E-state index is 12.9. The first-order chi connectivity index (χ1) is 14.4. The predicted octanol–water partition coefficient (Wildman–Crippen LogP) is 4.26. The summed E-state index contributed by atoms with van der Waals surface area (Å²) in [7, 11) is 0. The zero-order valence-electron chi connectivity index (χ0n) is 15.8. The summed E-state index contributed by atoms with van der Waals surface area (Å²) in [6.45, 7) is 1.13. The number of aromatic nitrogens is 3. The van der Waals surface area contributed by atoms with Crippen molar-refractivity contribution in [1.82, 2.24) is 19.9 Å². The van der Waals surface area contributed by atoms with E-state index in [0.29, 0.717) is 18.7 Å². The van der Waals surface area contributed by atoms with Crippen LogP contribution in [0.4, 0.5) is 24.9 Å². The van der Waals surface area contributed by atoms with E-state index in [2.05, 4.69) is 20.3 Å². The van der Waals surface area contributed by atoms with E-state index in [1.54, 1.807) is 29.3 Å². The van der Waals surface area contributed by atoms with Crippen LogP contribution in [0.2, 0.25) is 0 Å². The van der Waals surface area contributed by atoms with E-state index < -0.39 is 11.7 Å². The molecule has 0 aliphatic carbocycles. The third-order valence-corrected chi connectivity index (χ3v) is 4.92. The number of benzene rings is 1. The average Bonchev–Trinajstić information content (AvgIpc) is 3.24. The quantitative estimate of drug-likeness (QED) is 0.692. The van der Waals surface area contributed by atoms with E-state index in [0.717, 1.165) is 30.4 Å². The van der Waals surface area contributed by atoms with Crippen LogP contribution in [0.5, 0.6) is 0 Å². The van der Waals surface area contributed by atoms with Crippen molar-refractivity contribution in [3.05, 3.63) is 77.7 Å². The Hall–Kier alpha value is -3.49. The van der Waals surface area contributed by atoms with Crippen molar-refractivity contribution in [2.45, 2.75) is 18.5 Å². The van der Waals surface area contributed by atoms with Gasteiger partial charge in [-0.15, -0.1) is 0 Å². The third-order valence-electron chi connectivity index (χ3n) is 4.92. The summed E-state index contributed by atoms with van der Waals surface area (Å²) >= 11 is 0. The number of hydrogen-bond donors (Lipinski definition) is 1. The highest BCUT2D eigenvalue weighted by molar-refractivity contribution is 5.94. The Labute approximate surface area is 170 Å². The minimum Gasteiger partial charge on any atom is -0.338 e. The summed E-state index contributed by atoms with van der Waals surface area (Å²) < 4.78 is 38.6. The fraction of sp³-hybridized carbons (Fsp3) is 0.238. The number of likely N-dealkylation sites (tertiary alicyclic amines) is 1. The Morgan fingerprint density at radius 2 is 1.83 bits per heavy atom. The summed E-state index contributed by atoms with van der Waals surface area (Å²) in [6.07, 6.45) is -1.09. The molecular formula is C21H18F3N5O. The molecule has 0 spiro atoms. The lowest BCUT2D eigenvalue weighted by Gasteiger charge is -2.16. The molecular weight excluding hydrogens is 395 g/mol. The summed E-state index contributed by atoms with van der Waals surface area (Å²) in [5, 5.41) is 2.73. The molecule has 1 aliphatic heterocycles. The lowest BCUT2D eigenvalue weighted by atomic mass is 10.1. The molecule has 0 radical (unpaired) electrons. The van der Waals surface area contributed by atoms with Gasteiger partial charge in [-0.05, 0) is 36.8 Å². The highest BCUT2D eigenvalue weighted by atomic mass is 19.4. The van der Waals surface area contributed by atoms with Crippen LogP contribution >= 0.6 is 0 Å². The largest absolute Gasteiger partial charge is 0.416 e. The van der Waals surface area contributed by atoms with Gasteiger partial charge in [-0.2, -0.15) is 13.2 Å². The van der Waals surface area contributed by atoms with Crippen molar-refractivity contribution in [2.24, 2.45) is 0 Å². The van der Waals surface area contributed by atoms with Gasteiger partial charge in [-0.1, -0.05) is 18.2 Å². The molecule has 3 heterocycles. The standard InChI is InChI=1S/C21H18F3N5O/c22-21(23,24)16-6-9-25-18(12-16)28-20-26-10-7-17(27-20)15-8-11-29(13-15)19(30)14-4-2-1-3-5-14/h1-7,9-10,12,15H,8,11,13H2,(H,25,26,27,28). The van der Waals surface area contributed by atoms with Gasteiger partial charge >= 0.3 is 6.18 Å². The van der Waals surface area contributed by atoms with E-state index in [4.69, 9.17) is 0 Å². The highest BCUT2D eigenvalue weighted by Crippen LogP contribution is 2.31. The van der Waals surface area contributed by atoms with Crippen molar-refractivity contribution < 1.29 is 18.0 Å². The van der Waals surface area contributed by atoms with Gasteiger partial charge < -0.3 is 10.2 Å². The van der Waals surface area contributed by atoms with E-state index in [1.165, 1.54) is 0 Å². The molecule has 2 aromatic heterocycles. The van der Waals surface area contributed by atoms with E-state index >= 15 is 0 Å². The molecule has 1 N–H and O–H groups in total. The molecule has 1 aromatic carbocycles. The molecule has 0 bridgehead atoms. The number of pyridine rings is 1. The van der Waals surface area contributed by atoms with Crippen LogP contribution in [-0.2, 0) is 6.18 Å². The van der Waals surface area contributed by atoms with Crippen LogP contribution in [0, 0.1) is 0 Å². The smallest absolute Gasteiger partial charge is 0.338 e. The van der Waals surface area contributed by atoms with Gasteiger partial charge in [0.05, 0.1) is 11.3 Å². The molecule has 1 amide bonds. The molecule has 3 aromatic rings. The summed E-state index contributed by atoms with van der Waals surface area (Å²) in [6, 6.07) is 12.6. The molecule has 6 nitrogen and oxygen atoms in total. The Balaban J connectivity index is 1.46. The number of alkyl halides is 3. The van der Waals surface area contributed by atoms with E-state index in [9.17, 15) is 18.0 Å². The van der Waals surface area contributed by atoms with Gasteiger partial charge in [0.2, 0.25) is 5.95 Å². The lowest BCUT2D eigenvalue weighted by Crippen LogP contribution is -2.28. The Morgan fingerprint density at radius 3 is 2.60 bits per heavy atom. The average molecular weight is 413 g/mol. The van der Waals surface area contributed by atoms with Crippen molar-refractivity contribution in [1.29, 1.82) is 0 Å². The zero-order valence-corrected chi connectivity index (χ0v) is 15.8. The number of anilines is 2. The maximum atomic E-state index is 12.9. The normalized spacial score (nSPS) is 16.5. The van der Waals surface area contributed by atoms with Gasteiger partial charge in [-0.25, -0.2) is 15.0 Å². The number of nitrogens with one attached hydrogen (secondary N) is 1. The zero-order chi connectivity index (χ0) is 21.1.